The fourth-order valence-electron chi connectivity index (χ4n) is 1.97. The third kappa shape index (κ3) is 3.25. The lowest BCUT2D eigenvalue weighted by molar-refractivity contribution is 0.238. The predicted octanol–water partition coefficient (Wildman–Crippen LogP) is 1.74. The van der Waals surface area contributed by atoms with Crippen LogP contribution in [0, 0.1) is 11.8 Å². The average Bonchev–Trinajstić information content (AvgIpc) is 2.48. The van der Waals surface area contributed by atoms with Gasteiger partial charge in [0, 0.05) is 13.1 Å². The molecule has 1 saturated carbocycles. The number of urea groups is 1. The summed E-state index contributed by atoms with van der Waals surface area (Å²) >= 11 is 0. The second kappa shape index (κ2) is 5.10. The van der Waals surface area contributed by atoms with Gasteiger partial charge in [-0.3, -0.25) is 0 Å². The summed E-state index contributed by atoms with van der Waals surface area (Å²) in [6, 6.07) is -0.0263. The highest BCUT2D eigenvalue weighted by Gasteiger charge is 2.23. The van der Waals surface area contributed by atoms with E-state index >= 15 is 0 Å². The number of amides is 2. The molecule has 1 rings (SSSR count). The maximum absolute atomic E-state index is 11.1. The van der Waals surface area contributed by atoms with Crippen LogP contribution in [0.2, 0.25) is 0 Å². The van der Waals surface area contributed by atoms with Gasteiger partial charge in [0.15, 0.2) is 0 Å². The Kier molecular flexibility index (Phi) is 4.06. The van der Waals surface area contributed by atoms with Crippen molar-refractivity contribution in [3.05, 3.63) is 0 Å². The van der Waals surface area contributed by atoms with Gasteiger partial charge < -0.3 is 10.6 Å². The topological polar surface area (TPSA) is 41.1 Å². The molecule has 3 nitrogen and oxygen atoms in total. The summed E-state index contributed by atoms with van der Waals surface area (Å²) in [6.45, 7) is 5.74. The molecular weight excluding hydrogens is 164 g/mol. The summed E-state index contributed by atoms with van der Waals surface area (Å²) in [6.07, 6.45) is 3.91. The van der Waals surface area contributed by atoms with Gasteiger partial charge in [-0.15, -0.1) is 0 Å². The Bertz CT molecular complexity index is 170. The molecular formula is C10H20N2O. The first-order valence-electron chi connectivity index (χ1n) is 5.25. The van der Waals surface area contributed by atoms with E-state index in [1.165, 1.54) is 19.3 Å². The molecule has 13 heavy (non-hydrogen) atoms. The fraction of sp³-hybridized carbons (Fsp3) is 0.900. The molecule has 0 aliphatic heterocycles. The summed E-state index contributed by atoms with van der Waals surface area (Å²) in [5.74, 6) is 1.48. The lowest BCUT2D eigenvalue weighted by Gasteiger charge is -2.15. The van der Waals surface area contributed by atoms with Gasteiger partial charge in [-0.25, -0.2) is 4.79 Å². The number of nitrogens with one attached hydrogen (secondary N) is 2. The van der Waals surface area contributed by atoms with Crippen molar-refractivity contribution in [1.29, 1.82) is 0 Å². The molecule has 0 heterocycles. The molecule has 0 aromatic carbocycles. The summed E-state index contributed by atoms with van der Waals surface area (Å²) in [5.41, 5.74) is 0. The third-order valence-corrected chi connectivity index (χ3v) is 2.90. The molecule has 0 radical (unpaired) electrons. The molecule has 2 amide bonds. The maximum atomic E-state index is 11.1. The van der Waals surface area contributed by atoms with Gasteiger partial charge in [0.1, 0.15) is 0 Å². The SMILES string of the molecule is CCNC(=O)NCC1CCCC1C. The van der Waals surface area contributed by atoms with E-state index in [0.717, 1.165) is 12.5 Å². The van der Waals surface area contributed by atoms with Crippen LogP contribution in [0.1, 0.15) is 33.1 Å². The minimum Gasteiger partial charge on any atom is -0.338 e. The molecule has 76 valence electrons. The van der Waals surface area contributed by atoms with Crippen LogP contribution in [-0.4, -0.2) is 19.1 Å². The van der Waals surface area contributed by atoms with Crippen molar-refractivity contribution in [2.24, 2.45) is 11.8 Å². The highest BCUT2D eigenvalue weighted by Crippen LogP contribution is 2.30. The van der Waals surface area contributed by atoms with E-state index in [1.807, 2.05) is 6.92 Å². The summed E-state index contributed by atoms with van der Waals surface area (Å²) in [4.78, 5) is 11.1. The predicted molar refractivity (Wildman–Crippen MR) is 53.6 cm³/mol. The van der Waals surface area contributed by atoms with Gasteiger partial charge in [-0.2, -0.15) is 0 Å². The number of hydrogen-bond acceptors (Lipinski definition) is 1. The van der Waals surface area contributed by atoms with Gasteiger partial charge in [0.2, 0.25) is 0 Å². The van der Waals surface area contributed by atoms with E-state index in [4.69, 9.17) is 0 Å². The van der Waals surface area contributed by atoms with Gasteiger partial charge in [-0.05, 0) is 25.2 Å². The van der Waals surface area contributed by atoms with Crippen LogP contribution in [0.15, 0.2) is 0 Å². The zero-order valence-electron chi connectivity index (χ0n) is 8.60. The Morgan fingerprint density at radius 2 is 2.15 bits per heavy atom. The second-order valence-electron chi connectivity index (χ2n) is 3.91. The maximum Gasteiger partial charge on any atom is 0.314 e. The van der Waals surface area contributed by atoms with Gasteiger partial charge in [-0.1, -0.05) is 19.8 Å². The quantitative estimate of drug-likeness (QED) is 0.689. The standard InChI is InChI=1S/C10H20N2O/c1-3-11-10(13)12-7-9-6-4-5-8(9)2/h8-9H,3-7H2,1-2H3,(H2,11,12,13). The van der Waals surface area contributed by atoms with Crippen LogP contribution >= 0.6 is 0 Å². The lowest BCUT2D eigenvalue weighted by Crippen LogP contribution is -2.38. The molecule has 3 heteroatoms. The Balaban J connectivity index is 2.14. The Labute approximate surface area is 80.3 Å². The van der Waals surface area contributed by atoms with Crippen molar-refractivity contribution in [2.75, 3.05) is 13.1 Å². The smallest absolute Gasteiger partial charge is 0.314 e. The highest BCUT2D eigenvalue weighted by atomic mass is 16.2. The minimum absolute atomic E-state index is 0.0263. The molecule has 0 bridgehead atoms. The first-order chi connectivity index (χ1) is 6.24. The third-order valence-electron chi connectivity index (χ3n) is 2.90. The molecule has 0 aromatic heterocycles. The van der Waals surface area contributed by atoms with E-state index in [-0.39, 0.29) is 6.03 Å². The molecule has 1 aliphatic rings. The summed E-state index contributed by atoms with van der Waals surface area (Å²) in [5, 5.41) is 5.64. The molecule has 2 N–H and O–H groups in total. The van der Waals surface area contributed by atoms with Crippen molar-refractivity contribution in [3.63, 3.8) is 0 Å². The van der Waals surface area contributed by atoms with E-state index in [9.17, 15) is 4.79 Å². The highest BCUT2D eigenvalue weighted by molar-refractivity contribution is 5.73. The van der Waals surface area contributed by atoms with Crippen LogP contribution in [0.4, 0.5) is 4.79 Å². The minimum atomic E-state index is -0.0263. The Morgan fingerprint density at radius 3 is 2.69 bits per heavy atom. The number of carbonyl (C=O) groups excluding carboxylic acids is 1. The largest absolute Gasteiger partial charge is 0.338 e. The molecule has 0 saturated heterocycles. The fourth-order valence-corrected chi connectivity index (χ4v) is 1.97. The molecule has 1 aliphatic carbocycles. The van der Waals surface area contributed by atoms with Crippen LogP contribution in [0.3, 0.4) is 0 Å². The Morgan fingerprint density at radius 1 is 1.38 bits per heavy atom. The number of rotatable bonds is 3. The van der Waals surface area contributed by atoms with Gasteiger partial charge >= 0.3 is 6.03 Å². The average molecular weight is 184 g/mol. The molecule has 2 unspecified atom stereocenters. The van der Waals surface area contributed by atoms with E-state index in [2.05, 4.69) is 17.6 Å². The van der Waals surface area contributed by atoms with Crippen LogP contribution in [0.25, 0.3) is 0 Å². The van der Waals surface area contributed by atoms with E-state index in [0.29, 0.717) is 12.5 Å². The zero-order valence-corrected chi connectivity index (χ0v) is 8.60. The van der Waals surface area contributed by atoms with Crippen molar-refractivity contribution in [3.8, 4) is 0 Å². The summed E-state index contributed by atoms with van der Waals surface area (Å²) < 4.78 is 0. The molecule has 0 spiro atoms. The van der Waals surface area contributed by atoms with E-state index < -0.39 is 0 Å². The van der Waals surface area contributed by atoms with Crippen molar-refractivity contribution in [1.82, 2.24) is 10.6 Å². The van der Waals surface area contributed by atoms with Crippen molar-refractivity contribution < 1.29 is 4.79 Å². The van der Waals surface area contributed by atoms with Crippen LogP contribution < -0.4 is 10.6 Å². The molecule has 1 fully saturated rings. The number of carbonyl (C=O) groups is 1. The van der Waals surface area contributed by atoms with Crippen LogP contribution in [0.5, 0.6) is 0 Å². The lowest BCUT2D eigenvalue weighted by atomic mass is 9.98. The first kappa shape index (κ1) is 10.4. The van der Waals surface area contributed by atoms with Gasteiger partial charge in [0.05, 0.1) is 0 Å². The number of hydrogen-bond donors (Lipinski definition) is 2. The summed E-state index contributed by atoms with van der Waals surface area (Å²) in [7, 11) is 0. The first-order valence-corrected chi connectivity index (χ1v) is 5.25. The van der Waals surface area contributed by atoms with E-state index in [1.54, 1.807) is 0 Å². The molecule has 0 aromatic rings. The molecule has 2 atom stereocenters. The second-order valence-corrected chi connectivity index (χ2v) is 3.91. The monoisotopic (exact) mass is 184 g/mol. The van der Waals surface area contributed by atoms with Gasteiger partial charge in [0.25, 0.3) is 0 Å². The zero-order chi connectivity index (χ0) is 9.68. The Hall–Kier alpha value is -0.730. The normalized spacial score (nSPS) is 27.2. The van der Waals surface area contributed by atoms with Crippen molar-refractivity contribution >= 4 is 6.03 Å². The van der Waals surface area contributed by atoms with Crippen molar-refractivity contribution in [2.45, 2.75) is 33.1 Å². The van der Waals surface area contributed by atoms with Crippen LogP contribution in [-0.2, 0) is 0 Å².